The van der Waals surface area contributed by atoms with Crippen molar-refractivity contribution in [3.8, 4) is 22.3 Å². The lowest BCUT2D eigenvalue weighted by Gasteiger charge is -2.18. The normalized spacial score (nSPS) is 11.9. The molecule has 0 aromatic heterocycles. The van der Waals surface area contributed by atoms with Crippen molar-refractivity contribution in [2.24, 2.45) is 0 Å². The summed E-state index contributed by atoms with van der Waals surface area (Å²) in [6.07, 6.45) is 12.8. The third kappa shape index (κ3) is 5.36. The molecular weight excluding hydrogens is 528 g/mol. The van der Waals surface area contributed by atoms with Gasteiger partial charge in [-0.25, -0.2) is 0 Å². The molecule has 7 aromatic rings. The topological polar surface area (TPSA) is 0 Å². The Balaban J connectivity index is 1.29. The van der Waals surface area contributed by atoms with Gasteiger partial charge in [-0.15, -0.1) is 0 Å². The fraction of sp³-hybridized carbons (Fsp3) is 0.273. The number of rotatable bonds is 12. The Morgan fingerprint density at radius 3 is 1.14 bits per heavy atom. The van der Waals surface area contributed by atoms with Crippen molar-refractivity contribution in [1.82, 2.24) is 0 Å². The lowest BCUT2D eigenvalue weighted by atomic mass is 9.85. The van der Waals surface area contributed by atoms with Crippen molar-refractivity contribution < 1.29 is 0 Å². The lowest BCUT2D eigenvalue weighted by molar-refractivity contribution is 0.667. The minimum Gasteiger partial charge on any atom is -0.0654 e. The van der Waals surface area contributed by atoms with Crippen LogP contribution < -0.4 is 0 Å². The molecule has 7 aromatic carbocycles. The van der Waals surface area contributed by atoms with Crippen LogP contribution >= 0.6 is 0 Å². The standard InChI is InChI=1S/C44H44/c1-3-5-7-9-13-31-19-23-33(24-20-31)35-27-29-41-40-18-12-16-38-36(34-25-21-32(22-26-34)14-10-8-6-4-2)28-30-42(44(38)40)39-17-11-15-37(35)43(39)41/h11-12,15-30H,3-10,13-14H2,1-2H3. The quantitative estimate of drug-likeness (QED) is 0.0776. The van der Waals surface area contributed by atoms with E-state index in [-0.39, 0.29) is 0 Å². The van der Waals surface area contributed by atoms with Crippen molar-refractivity contribution in [3.63, 3.8) is 0 Å². The summed E-state index contributed by atoms with van der Waals surface area (Å²) in [5.74, 6) is 0. The largest absolute Gasteiger partial charge is 0.0654 e. The Morgan fingerprint density at radius 1 is 0.341 bits per heavy atom. The molecule has 0 N–H and O–H groups in total. The summed E-state index contributed by atoms with van der Waals surface area (Å²) < 4.78 is 0. The molecular formula is C44H44. The summed E-state index contributed by atoms with van der Waals surface area (Å²) in [7, 11) is 0. The molecule has 0 spiro atoms. The molecule has 0 heteroatoms. The Kier molecular flexibility index (Phi) is 8.34. The number of fused-ring (bicyclic) bond motifs is 2. The molecule has 0 heterocycles. The van der Waals surface area contributed by atoms with Gasteiger partial charge in [0, 0.05) is 0 Å². The molecule has 44 heavy (non-hydrogen) atoms. The van der Waals surface area contributed by atoms with Gasteiger partial charge in [-0.3, -0.25) is 0 Å². The molecule has 7 rings (SSSR count). The Hall–Kier alpha value is -4.16. The Labute approximate surface area is 263 Å². The third-order valence-corrected chi connectivity index (χ3v) is 9.83. The second-order valence-corrected chi connectivity index (χ2v) is 12.8. The first kappa shape index (κ1) is 28.6. The van der Waals surface area contributed by atoms with Gasteiger partial charge in [-0.05, 0) is 102 Å². The summed E-state index contributed by atoms with van der Waals surface area (Å²) >= 11 is 0. The summed E-state index contributed by atoms with van der Waals surface area (Å²) in [5.41, 5.74) is 8.16. The molecule has 0 aliphatic rings. The number of unbranched alkanes of at least 4 members (excludes halogenated alkanes) is 6. The van der Waals surface area contributed by atoms with E-state index < -0.39 is 0 Å². The zero-order valence-electron chi connectivity index (χ0n) is 26.5. The van der Waals surface area contributed by atoms with Gasteiger partial charge in [0.25, 0.3) is 0 Å². The van der Waals surface area contributed by atoms with Crippen LogP contribution in [0, 0.1) is 0 Å². The van der Waals surface area contributed by atoms with Gasteiger partial charge >= 0.3 is 0 Å². The van der Waals surface area contributed by atoms with Gasteiger partial charge in [0.1, 0.15) is 0 Å². The predicted octanol–water partition coefficient (Wildman–Crippen LogP) is 13.3. The van der Waals surface area contributed by atoms with Crippen molar-refractivity contribution in [1.29, 1.82) is 0 Å². The van der Waals surface area contributed by atoms with Crippen molar-refractivity contribution in [2.75, 3.05) is 0 Å². The zero-order valence-corrected chi connectivity index (χ0v) is 26.5. The number of aryl methyl sites for hydroxylation is 2. The van der Waals surface area contributed by atoms with Gasteiger partial charge in [0.05, 0.1) is 0 Å². The second kappa shape index (κ2) is 12.8. The average molecular weight is 573 g/mol. The van der Waals surface area contributed by atoms with E-state index >= 15 is 0 Å². The molecule has 0 unspecified atom stereocenters. The first-order chi connectivity index (χ1) is 21.8. The lowest BCUT2D eigenvalue weighted by Crippen LogP contribution is -1.91. The summed E-state index contributed by atoms with van der Waals surface area (Å²) in [5, 5.41) is 10.9. The van der Waals surface area contributed by atoms with E-state index in [1.54, 1.807) is 0 Å². The highest BCUT2D eigenvalue weighted by molar-refractivity contribution is 6.35. The van der Waals surface area contributed by atoms with Crippen LogP contribution in [0.15, 0.2) is 109 Å². The summed E-state index contributed by atoms with van der Waals surface area (Å²) in [6.45, 7) is 4.56. The molecule has 0 radical (unpaired) electrons. The molecule has 0 aliphatic carbocycles. The van der Waals surface area contributed by atoms with Gasteiger partial charge < -0.3 is 0 Å². The maximum absolute atomic E-state index is 2.37. The Morgan fingerprint density at radius 2 is 0.727 bits per heavy atom. The molecule has 220 valence electrons. The van der Waals surface area contributed by atoms with E-state index in [4.69, 9.17) is 0 Å². The molecule has 0 amide bonds. The van der Waals surface area contributed by atoms with Gasteiger partial charge in [0.15, 0.2) is 0 Å². The van der Waals surface area contributed by atoms with Crippen molar-refractivity contribution in [2.45, 2.75) is 78.1 Å². The van der Waals surface area contributed by atoms with Gasteiger partial charge in [-0.2, -0.15) is 0 Å². The molecule has 0 atom stereocenters. The fourth-order valence-corrected chi connectivity index (χ4v) is 7.43. The monoisotopic (exact) mass is 572 g/mol. The molecule has 0 saturated carbocycles. The summed E-state index contributed by atoms with van der Waals surface area (Å²) in [4.78, 5) is 0. The maximum atomic E-state index is 2.37. The first-order valence-corrected chi connectivity index (χ1v) is 17.1. The molecule has 0 saturated heterocycles. The number of hydrogen-bond donors (Lipinski definition) is 0. The average Bonchev–Trinajstić information content (AvgIpc) is 3.08. The van der Waals surface area contributed by atoms with Crippen molar-refractivity contribution >= 4 is 43.1 Å². The van der Waals surface area contributed by atoms with Crippen LogP contribution in [0.3, 0.4) is 0 Å². The van der Waals surface area contributed by atoms with Gasteiger partial charge in [-0.1, -0.05) is 162 Å². The minimum absolute atomic E-state index is 1.18. The van der Waals surface area contributed by atoms with Gasteiger partial charge in [0.2, 0.25) is 0 Å². The van der Waals surface area contributed by atoms with Crippen molar-refractivity contribution in [3.05, 3.63) is 120 Å². The first-order valence-electron chi connectivity index (χ1n) is 17.1. The third-order valence-electron chi connectivity index (χ3n) is 9.83. The molecule has 0 bridgehead atoms. The van der Waals surface area contributed by atoms with Crippen LogP contribution in [0.1, 0.15) is 76.3 Å². The van der Waals surface area contributed by atoms with Crippen LogP contribution in [0.2, 0.25) is 0 Å². The van der Waals surface area contributed by atoms with E-state index in [9.17, 15) is 0 Å². The minimum atomic E-state index is 1.18. The fourth-order valence-electron chi connectivity index (χ4n) is 7.43. The van der Waals surface area contributed by atoms with E-state index in [1.807, 2.05) is 0 Å². The molecule has 0 nitrogen and oxygen atoms in total. The van der Waals surface area contributed by atoms with E-state index in [2.05, 4.69) is 123 Å². The summed E-state index contributed by atoms with van der Waals surface area (Å²) in [6, 6.07) is 41.9. The second-order valence-electron chi connectivity index (χ2n) is 12.8. The maximum Gasteiger partial charge on any atom is -0.00201 e. The number of hydrogen-bond acceptors (Lipinski definition) is 0. The zero-order chi connectivity index (χ0) is 29.9. The Bertz CT molecular complexity index is 1840. The highest BCUT2D eigenvalue weighted by atomic mass is 14.2. The van der Waals surface area contributed by atoms with E-state index in [0.29, 0.717) is 0 Å². The smallest absolute Gasteiger partial charge is 0.00201 e. The van der Waals surface area contributed by atoms with Crippen LogP contribution in [0.5, 0.6) is 0 Å². The SMILES string of the molecule is CCCCCCc1ccc(-c2ccc3c4cccc5c(-c6ccc(CCCCCC)cc6)ccc(c6cccc2c63)c54)cc1. The number of benzene rings is 7. The highest BCUT2D eigenvalue weighted by Gasteiger charge is 2.17. The van der Waals surface area contributed by atoms with E-state index in [0.717, 1.165) is 0 Å². The van der Waals surface area contributed by atoms with E-state index in [1.165, 1.54) is 141 Å². The molecule has 0 aliphatic heterocycles. The van der Waals surface area contributed by atoms with Crippen LogP contribution in [0.4, 0.5) is 0 Å². The predicted molar refractivity (Wildman–Crippen MR) is 194 cm³/mol. The molecule has 0 fully saturated rings. The van der Waals surface area contributed by atoms with Crippen LogP contribution in [0.25, 0.3) is 65.3 Å². The highest BCUT2D eigenvalue weighted by Crippen LogP contribution is 2.45. The van der Waals surface area contributed by atoms with Crippen LogP contribution in [-0.4, -0.2) is 0 Å². The van der Waals surface area contributed by atoms with Crippen LogP contribution in [-0.2, 0) is 12.8 Å².